The van der Waals surface area contributed by atoms with Gasteiger partial charge in [0.15, 0.2) is 22.2 Å². The standard InChI is InChI=1S/C49H60N8O12S.CH4O/c1-4-49(64)34-20-37-42-32(24-57(37)45(62)33(34)25-67-47(49)63)31(30-19-40-41(21-36(30)53-42)66-18-17-65-40)23-55-13-15-56(16-14-55)44(61)26(2)51-43(60)35(7-5-6-12-50)54-48(70)52-28-8-10-29(11-9-28)69-46-39(59)22-38(58)27(3)68-46;1-2/h8-11,19-21,26-27,35,38-39,46,58-59,64H,4-7,12-18,22-25,50H2,1-3H3,(H,51,60)(H2,52,54,70);2H,1H3/t26-,27-,35-,38-,39?,46+,49?;/m0./s1. The second kappa shape index (κ2) is 22.4. The van der Waals surface area contributed by atoms with Crippen LogP contribution in [-0.4, -0.2) is 152 Å². The maximum absolute atomic E-state index is 14.1. The van der Waals surface area contributed by atoms with Gasteiger partial charge in [-0.15, -0.1) is 0 Å². The van der Waals surface area contributed by atoms with Gasteiger partial charge in [-0.05, 0) is 100 Å². The Labute approximate surface area is 421 Å². The highest BCUT2D eigenvalue weighted by molar-refractivity contribution is 7.80. The molecule has 5 aliphatic rings. The van der Waals surface area contributed by atoms with Crippen LogP contribution in [0.5, 0.6) is 17.2 Å². The molecule has 21 nitrogen and oxygen atoms in total. The van der Waals surface area contributed by atoms with E-state index in [4.69, 9.17) is 51.7 Å². The molecule has 72 heavy (non-hydrogen) atoms. The van der Waals surface area contributed by atoms with Crippen LogP contribution in [-0.2, 0) is 49.2 Å². The summed E-state index contributed by atoms with van der Waals surface area (Å²) in [5, 5.41) is 48.9. The third kappa shape index (κ3) is 10.7. The lowest BCUT2D eigenvalue weighted by Gasteiger charge is -2.36. The third-order valence-electron chi connectivity index (χ3n) is 13.9. The first-order valence-corrected chi connectivity index (χ1v) is 24.8. The number of amides is 2. The maximum Gasteiger partial charge on any atom is 0.343 e. The molecule has 0 radical (unpaired) electrons. The largest absolute Gasteiger partial charge is 0.486 e. The van der Waals surface area contributed by atoms with Crippen LogP contribution in [0, 0.1) is 0 Å². The molecule has 2 aromatic heterocycles. The van der Waals surface area contributed by atoms with Crippen molar-refractivity contribution in [3.8, 4) is 28.6 Å². The second-order valence-electron chi connectivity index (χ2n) is 18.5. The quantitative estimate of drug-likeness (QED) is 0.0443. The minimum Gasteiger partial charge on any atom is -0.486 e. The summed E-state index contributed by atoms with van der Waals surface area (Å²) in [6.07, 6.45) is -1.25. The van der Waals surface area contributed by atoms with E-state index < -0.39 is 48.3 Å². The van der Waals surface area contributed by atoms with Gasteiger partial charge in [0.1, 0.15) is 43.8 Å². The van der Waals surface area contributed by atoms with E-state index in [1.807, 2.05) is 12.1 Å². The average Bonchev–Trinajstić information content (AvgIpc) is 3.75. The van der Waals surface area contributed by atoms with E-state index in [1.54, 1.807) is 60.6 Å². The second-order valence-corrected chi connectivity index (χ2v) is 18.9. The number of nitrogens with two attached hydrogens (primary N) is 1. The van der Waals surface area contributed by atoms with Gasteiger partial charge in [-0.3, -0.25) is 19.3 Å². The van der Waals surface area contributed by atoms with Gasteiger partial charge < -0.3 is 75.3 Å². The number of benzene rings is 2. The normalized spacial score (nSPS) is 23.0. The van der Waals surface area contributed by atoms with Gasteiger partial charge in [-0.1, -0.05) is 6.92 Å². The highest BCUT2D eigenvalue weighted by atomic mass is 32.1. The highest BCUT2D eigenvalue weighted by Gasteiger charge is 2.46. The molecule has 0 spiro atoms. The van der Waals surface area contributed by atoms with Crippen molar-refractivity contribution >= 4 is 51.7 Å². The van der Waals surface area contributed by atoms with Crippen LogP contribution < -0.4 is 41.5 Å². The van der Waals surface area contributed by atoms with E-state index in [0.29, 0.717) is 112 Å². The molecule has 2 aromatic carbocycles. The zero-order valence-electron chi connectivity index (χ0n) is 40.8. The molecule has 2 fully saturated rings. The van der Waals surface area contributed by atoms with Crippen LogP contribution in [0.25, 0.3) is 22.3 Å². The lowest BCUT2D eigenvalue weighted by atomic mass is 9.86. The van der Waals surface area contributed by atoms with Crippen LogP contribution >= 0.6 is 12.2 Å². The number of cyclic esters (lactones) is 1. The number of thiocarbonyl (C=S) groups is 1. The molecule has 2 unspecified atom stereocenters. The number of ether oxygens (including phenoxy) is 5. The Bertz CT molecular complexity index is 2730. The Balaban J connectivity index is 0.00000342. The Hall–Kier alpha value is -5.98. The number of pyridine rings is 2. The van der Waals surface area contributed by atoms with Crippen molar-refractivity contribution < 1.29 is 58.5 Å². The number of fused-ring (bicyclic) bond motifs is 6. The molecular formula is C50H64N8O13S. The van der Waals surface area contributed by atoms with E-state index in [2.05, 4.69) is 20.9 Å². The summed E-state index contributed by atoms with van der Waals surface area (Å²) in [4.78, 5) is 63.7. The fourth-order valence-corrected chi connectivity index (χ4v) is 10.0. The number of aliphatic hydroxyl groups is 4. The summed E-state index contributed by atoms with van der Waals surface area (Å²) in [5.74, 6) is 0.205. The highest BCUT2D eigenvalue weighted by Crippen LogP contribution is 2.43. The first-order chi connectivity index (χ1) is 34.6. The number of carbonyl (C=O) groups is 3. The summed E-state index contributed by atoms with van der Waals surface area (Å²) in [6, 6.07) is 10.7. The SMILES string of the molecule is CCC1(O)C(=O)OCc2c1cc1n(c2=O)Cc2c-1nc1cc3c(cc1c2CN1CCN(C(=O)[C@H](C)NC(=O)[C@H](CCCCN)NC(=S)Nc2ccc(O[C@H]4O[C@@H](C)[C@@H](O)CC4O)cc2)CC1)OCCO3.CO. The predicted octanol–water partition coefficient (Wildman–Crippen LogP) is 1.33. The van der Waals surface area contributed by atoms with Gasteiger partial charge in [0.2, 0.25) is 18.1 Å². The molecule has 2 amide bonds. The average molecular weight is 1020 g/mol. The molecule has 22 heteroatoms. The van der Waals surface area contributed by atoms with E-state index in [9.17, 15) is 34.5 Å². The zero-order chi connectivity index (χ0) is 51.4. The number of nitrogens with one attached hydrogen (secondary N) is 3. The molecule has 2 saturated heterocycles. The van der Waals surface area contributed by atoms with Gasteiger partial charge >= 0.3 is 5.97 Å². The Kier molecular flexibility index (Phi) is 16.3. The molecule has 0 bridgehead atoms. The molecule has 4 aromatic rings. The maximum atomic E-state index is 14.1. The minimum atomic E-state index is -1.96. The molecule has 0 saturated carbocycles. The summed E-state index contributed by atoms with van der Waals surface area (Å²) < 4.78 is 30.3. The van der Waals surface area contributed by atoms with Crippen molar-refractivity contribution in [2.24, 2.45) is 5.73 Å². The lowest BCUT2D eigenvalue weighted by Crippen LogP contribution is -2.56. The van der Waals surface area contributed by atoms with Crippen molar-refractivity contribution in [3.63, 3.8) is 0 Å². The number of carbonyl (C=O) groups excluding carboxylic acids is 3. The predicted molar refractivity (Wildman–Crippen MR) is 267 cm³/mol. The topological polar surface area (TPSA) is 282 Å². The van der Waals surface area contributed by atoms with Crippen molar-refractivity contribution in [2.75, 3.05) is 58.4 Å². The lowest BCUT2D eigenvalue weighted by molar-refractivity contribution is -0.228. The number of aliphatic hydroxyl groups excluding tert-OH is 3. The molecular weight excluding hydrogens is 953 g/mol. The van der Waals surface area contributed by atoms with Crippen LogP contribution in [0.4, 0.5) is 5.69 Å². The van der Waals surface area contributed by atoms with Crippen molar-refractivity contribution in [1.29, 1.82) is 0 Å². The van der Waals surface area contributed by atoms with Crippen LogP contribution in [0.3, 0.4) is 0 Å². The number of rotatable bonds is 14. The first-order valence-electron chi connectivity index (χ1n) is 24.4. The summed E-state index contributed by atoms with van der Waals surface area (Å²) >= 11 is 5.61. The van der Waals surface area contributed by atoms with E-state index >= 15 is 0 Å². The monoisotopic (exact) mass is 1020 g/mol. The van der Waals surface area contributed by atoms with Crippen molar-refractivity contribution in [3.05, 3.63) is 75.1 Å². The molecule has 0 aliphatic carbocycles. The summed E-state index contributed by atoms with van der Waals surface area (Å²) in [7, 11) is 1.00. The number of nitrogens with zero attached hydrogens (tertiary/aromatic N) is 4. The minimum absolute atomic E-state index is 0.0295. The van der Waals surface area contributed by atoms with Gasteiger partial charge in [-0.2, -0.15) is 0 Å². The van der Waals surface area contributed by atoms with Crippen LogP contribution in [0.1, 0.15) is 75.1 Å². The number of hydrogen-bond acceptors (Lipinski definition) is 17. The number of unbranched alkanes of at least 4 members (excludes halogenated alkanes) is 1. The number of esters is 1. The van der Waals surface area contributed by atoms with Crippen molar-refractivity contribution in [2.45, 2.75) is 115 Å². The van der Waals surface area contributed by atoms with E-state index in [-0.39, 0.29) is 59.6 Å². The molecule has 388 valence electrons. The third-order valence-corrected chi connectivity index (χ3v) is 14.1. The van der Waals surface area contributed by atoms with E-state index in [0.717, 1.165) is 23.6 Å². The van der Waals surface area contributed by atoms with Crippen LogP contribution in [0.2, 0.25) is 0 Å². The number of hydrogen-bond donors (Lipinski definition) is 8. The number of piperazine rings is 1. The van der Waals surface area contributed by atoms with Crippen molar-refractivity contribution in [1.82, 2.24) is 30.0 Å². The van der Waals surface area contributed by atoms with E-state index in [1.165, 1.54) is 0 Å². The molecule has 5 aliphatic heterocycles. The van der Waals surface area contributed by atoms with Gasteiger partial charge in [0.05, 0.1) is 41.2 Å². The molecule has 7 atom stereocenters. The zero-order valence-corrected chi connectivity index (χ0v) is 41.7. The molecule has 7 heterocycles. The number of aromatic nitrogens is 2. The van der Waals surface area contributed by atoms with Gasteiger partial charge in [0.25, 0.3) is 5.56 Å². The smallest absolute Gasteiger partial charge is 0.343 e. The summed E-state index contributed by atoms with van der Waals surface area (Å²) in [6.45, 7) is 8.60. The molecule has 9 rings (SSSR count). The van der Waals surface area contributed by atoms with Gasteiger partial charge in [0, 0.05) is 74.5 Å². The fraction of sp³-hybridized carbons (Fsp3) is 0.520. The fourth-order valence-electron chi connectivity index (χ4n) is 9.77. The molecule has 9 N–H and O–H groups in total. The Morgan fingerprint density at radius 1 is 0.972 bits per heavy atom. The summed E-state index contributed by atoms with van der Waals surface area (Å²) in [5.41, 5.74) is 8.05. The Morgan fingerprint density at radius 2 is 1.68 bits per heavy atom. The number of anilines is 1. The first kappa shape index (κ1) is 52.3. The van der Waals surface area contributed by atoms with Gasteiger partial charge in [-0.25, -0.2) is 9.78 Å². The van der Waals surface area contributed by atoms with Crippen LogP contribution in [0.15, 0.2) is 47.3 Å². The Morgan fingerprint density at radius 3 is 2.38 bits per heavy atom.